The molecule has 0 aliphatic rings. The average Bonchev–Trinajstić information content (AvgIpc) is 2.84. The van der Waals surface area contributed by atoms with E-state index >= 15 is 0 Å². The van der Waals surface area contributed by atoms with Crippen LogP contribution in [0, 0.1) is 11.3 Å². The molecule has 0 unspecified atom stereocenters. The number of benzene rings is 3. The van der Waals surface area contributed by atoms with Crippen molar-refractivity contribution in [1.82, 2.24) is 0 Å². The lowest BCUT2D eigenvalue weighted by Crippen LogP contribution is -2.12. The number of phenols is 1. The van der Waals surface area contributed by atoms with Crippen LogP contribution in [0.2, 0.25) is 0 Å². The molecule has 0 spiro atoms. The maximum Gasteiger partial charge on any atom is 0.336 e. The fourth-order valence-electron chi connectivity index (χ4n) is 3.38. The van der Waals surface area contributed by atoms with Crippen LogP contribution in [0.25, 0.3) is 11.1 Å². The molecule has 0 fully saturated rings. The molecule has 0 saturated carbocycles. The molecule has 33 heavy (non-hydrogen) atoms. The Morgan fingerprint density at radius 3 is 2.36 bits per heavy atom. The summed E-state index contributed by atoms with van der Waals surface area (Å²) < 4.78 is 5.74. The molecule has 0 aliphatic heterocycles. The number of ether oxygens (including phenoxy) is 1. The molecular weight excluding hydrogens is 414 g/mol. The number of unbranched alkanes of at least 4 members (excludes halogenated alkanes) is 3. The van der Waals surface area contributed by atoms with Crippen LogP contribution in [0.4, 0.5) is 0 Å². The second-order valence-electron chi connectivity index (χ2n) is 7.79. The first kappa shape index (κ1) is 25.5. The highest BCUT2D eigenvalue weighted by Crippen LogP contribution is 2.25. The van der Waals surface area contributed by atoms with Crippen LogP contribution in [0.1, 0.15) is 61.9 Å². The summed E-state index contributed by atoms with van der Waals surface area (Å²) in [6, 6.07) is 23.2. The van der Waals surface area contributed by atoms with Gasteiger partial charge in [0.05, 0.1) is 17.2 Å². The number of carboxylic acid groups (broad SMARTS) is 1. The van der Waals surface area contributed by atoms with Crippen LogP contribution in [0.5, 0.6) is 11.5 Å². The van der Waals surface area contributed by atoms with Crippen LogP contribution in [-0.4, -0.2) is 22.3 Å². The first-order valence-corrected chi connectivity index (χ1v) is 11.2. The molecule has 5 nitrogen and oxygen atoms in total. The second kappa shape index (κ2) is 13.6. The summed E-state index contributed by atoms with van der Waals surface area (Å²) in [5, 5.41) is 27.3. The monoisotopic (exact) mass is 445 g/mol. The third kappa shape index (κ3) is 8.34. The lowest BCUT2D eigenvalue weighted by molar-refractivity contribution is 0.0697. The molecule has 2 N–H and O–H groups in total. The Morgan fingerprint density at radius 1 is 1.00 bits per heavy atom. The standard InChI is InChI=1S/C15H21NO2.C13H10O2/c1-3-4-5-6-7-12(2)18-15-9-8-14(17)10-13(15)11-16;14-13(15)12-9-5-4-8-11(12)10-6-2-1-3-7-10/h8-10,12,17H,3-7H2,1-2H3;1-9H,(H,14,15)/t12-;/m1./s1. The highest BCUT2D eigenvalue weighted by molar-refractivity contribution is 5.95. The maximum absolute atomic E-state index is 11.0. The lowest BCUT2D eigenvalue weighted by Gasteiger charge is -2.15. The molecule has 0 heterocycles. The zero-order valence-corrected chi connectivity index (χ0v) is 19.2. The van der Waals surface area contributed by atoms with Crippen molar-refractivity contribution in [3.8, 4) is 28.7 Å². The predicted octanol–water partition coefficient (Wildman–Crippen LogP) is 7.05. The second-order valence-corrected chi connectivity index (χ2v) is 7.79. The first-order valence-electron chi connectivity index (χ1n) is 11.2. The van der Waals surface area contributed by atoms with Crippen molar-refractivity contribution in [3.63, 3.8) is 0 Å². The number of rotatable bonds is 9. The Bertz CT molecular complexity index is 1060. The number of carbonyl (C=O) groups is 1. The van der Waals surface area contributed by atoms with E-state index in [0.717, 1.165) is 24.0 Å². The summed E-state index contributed by atoms with van der Waals surface area (Å²) in [6.07, 6.45) is 5.95. The molecule has 0 amide bonds. The van der Waals surface area contributed by atoms with Crippen LogP contribution < -0.4 is 4.74 Å². The summed E-state index contributed by atoms with van der Waals surface area (Å²) in [5.41, 5.74) is 2.40. The summed E-state index contributed by atoms with van der Waals surface area (Å²) in [7, 11) is 0. The highest BCUT2D eigenvalue weighted by atomic mass is 16.5. The summed E-state index contributed by atoms with van der Waals surface area (Å²) >= 11 is 0. The van der Waals surface area contributed by atoms with E-state index in [0.29, 0.717) is 16.9 Å². The van der Waals surface area contributed by atoms with Gasteiger partial charge in [-0.25, -0.2) is 4.79 Å². The number of phenolic OH excluding ortho intramolecular Hbond substituents is 1. The molecule has 3 aromatic carbocycles. The topological polar surface area (TPSA) is 90.5 Å². The summed E-state index contributed by atoms with van der Waals surface area (Å²) in [4.78, 5) is 11.0. The number of aromatic carboxylic acids is 1. The van der Waals surface area contributed by atoms with E-state index in [2.05, 4.69) is 6.92 Å². The number of nitriles is 1. The van der Waals surface area contributed by atoms with Gasteiger partial charge in [-0.3, -0.25) is 0 Å². The van der Waals surface area contributed by atoms with Gasteiger partial charge in [-0.2, -0.15) is 5.26 Å². The molecule has 0 radical (unpaired) electrons. The fourth-order valence-corrected chi connectivity index (χ4v) is 3.38. The van der Waals surface area contributed by atoms with E-state index in [-0.39, 0.29) is 11.9 Å². The molecule has 1 atom stereocenters. The van der Waals surface area contributed by atoms with E-state index in [1.54, 1.807) is 24.3 Å². The van der Waals surface area contributed by atoms with E-state index in [9.17, 15) is 9.90 Å². The predicted molar refractivity (Wildman–Crippen MR) is 131 cm³/mol. The highest BCUT2D eigenvalue weighted by Gasteiger charge is 2.10. The van der Waals surface area contributed by atoms with E-state index in [4.69, 9.17) is 15.1 Å². The third-order valence-corrected chi connectivity index (χ3v) is 5.12. The number of carboxylic acids is 1. The zero-order chi connectivity index (χ0) is 24.1. The van der Waals surface area contributed by atoms with Gasteiger partial charge >= 0.3 is 5.97 Å². The van der Waals surface area contributed by atoms with Gasteiger partial charge in [0, 0.05) is 6.07 Å². The van der Waals surface area contributed by atoms with Crippen LogP contribution in [-0.2, 0) is 0 Å². The van der Waals surface area contributed by atoms with Crippen molar-refractivity contribution in [2.75, 3.05) is 0 Å². The molecule has 5 heteroatoms. The van der Waals surface area contributed by atoms with Crippen molar-refractivity contribution in [3.05, 3.63) is 83.9 Å². The van der Waals surface area contributed by atoms with Gasteiger partial charge in [-0.05, 0) is 49.1 Å². The third-order valence-electron chi connectivity index (χ3n) is 5.12. The SMILES string of the molecule is CCCCCC[C@@H](C)Oc1ccc(O)cc1C#N.O=C(O)c1ccccc1-c1ccccc1. The summed E-state index contributed by atoms with van der Waals surface area (Å²) in [6.45, 7) is 4.20. The lowest BCUT2D eigenvalue weighted by atomic mass is 10.00. The first-order chi connectivity index (χ1) is 16.0. The van der Waals surface area contributed by atoms with Gasteiger partial charge in [0.15, 0.2) is 0 Å². The Morgan fingerprint density at radius 2 is 1.70 bits per heavy atom. The number of aromatic hydroxyl groups is 1. The molecule has 0 aliphatic carbocycles. The minimum absolute atomic E-state index is 0.0921. The van der Waals surface area contributed by atoms with Gasteiger partial charge in [0.25, 0.3) is 0 Å². The van der Waals surface area contributed by atoms with Gasteiger partial charge in [0.2, 0.25) is 0 Å². The van der Waals surface area contributed by atoms with Crippen molar-refractivity contribution in [1.29, 1.82) is 5.26 Å². The molecular formula is C28H31NO4. The quantitative estimate of drug-likeness (QED) is 0.344. The Hall–Kier alpha value is -3.78. The van der Waals surface area contributed by atoms with Crippen molar-refractivity contribution < 1.29 is 19.7 Å². The number of hydrogen-bond donors (Lipinski definition) is 2. The number of hydrogen-bond acceptors (Lipinski definition) is 4. The molecule has 0 aromatic heterocycles. The zero-order valence-electron chi connectivity index (χ0n) is 19.2. The molecule has 0 bridgehead atoms. The van der Waals surface area contributed by atoms with E-state index in [1.165, 1.54) is 25.3 Å². The normalized spacial score (nSPS) is 10.9. The average molecular weight is 446 g/mol. The van der Waals surface area contributed by atoms with Gasteiger partial charge in [0.1, 0.15) is 17.6 Å². The van der Waals surface area contributed by atoms with Gasteiger partial charge < -0.3 is 14.9 Å². The minimum atomic E-state index is -0.894. The molecule has 3 aromatic rings. The maximum atomic E-state index is 11.0. The Labute approximate surface area is 195 Å². The molecule has 172 valence electrons. The van der Waals surface area contributed by atoms with Crippen LogP contribution >= 0.6 is 0 Å². The van der Waals surface area contributed by atoms with Gasteiger partial charge in [-0.15, -0.1) is 0 Å². The van der Waals surface area contributed by atoms with Crippen molar-refractivity contribution >= 4 is 5.97 Å². The molecule has 3 rings (SSSR count). The van der Waals surface area contributed by atoms with Crippen molar-refractivity contribution in [2.24, 2.45) is 0 Å². The largest absolute Gasteiger partial charge is 0.508 e. The Balaban J connectivity index is 0.000000237. The van der Waals surface area contributed by atoms with Crippen molar-refractivity contribution in [2.45, 2.75) is 52.1 Å². The van der Waals surface area contributed by atoms with E-state index in [1.807, 2.05) is 55.5 Å². The molecule has 0 saturated heterocycles. The number of nitrogens with zero attached hydrogens (tertiary/aromatic N) is 1. The van der Waals surface area contributed by atoms with Crippen LogP contribution in [0.15, 0.2) is 72.8 Å². The summed E-state index contributed by atoms with van der Waals surface area (Å²) in [5.74, 6) is -0.248. The van der Waals surface area contributed by atoms with Crippen LogP contribution in [0.3, 0.4) is 0 Å². The van der Waals surface area contributed by atoms with Gasteiger partial charge in [-0.1, -0.05) is 74.7 Å². The van der Waals surface area contributed by atoms with E-state index < -0.39 is 5.97 Å². The smallest absolute Gasteiger partial charge is 0.336 e. The fraction of sp³-hybridized carbons (Fsp3) is 0.286. The minimum Gasteiger partial charge on any atom is -0.508 e. The Kier molecular flexibility index (Phi) is 10.5.